The summed E-state index contributed by atoms with van der Waals surface area (Å²) >= 11 is 0. The fraction of sp³-hybridized carbons (Fsp3) is 0.611. The number of amides is 1. The number of rotatable bonds is 4. The molecule has 1 unspecified atom stereocenters. The normalized spacial score (nSPS) is 21.4. The van der Waals surface area contributed by atoms with Crippen molar-refractivity contribution in [2.24, 2.45) is 5.92 Å². The summed E-state index contributed by atoms with van der Waals surface area (Å²) in [6, 6.07) is 2.28. The van der Waals surface area contributed by atoms with Crippen LogP contribution < -0.4 is 0 Å². The highest BCUT2D eigenvalue weighted by Gasteiger charge is 2.34. The second-order valence-corrected chi connectivity index (χ2v) is 7.23. The molecule has 2 saturated heterocycles. The summed E-state index contributed by atoms with van der Waals surface area (Å²) in [5.41, 5.74) is 3.04. The second-order valence-electron chi connectivity index (χ2n) is 7.23. The fourth-order valence-electron chi connectivity index (χ4n) is 3.88. The zero-order chi connectivity index (χ0) is 17.4. The number of aromatic nitrogens is 4. The van der Waals surface area contributed by atoms with Crippen LogP contribution >= 0.6 is 0 Å². The van der Waals surface area contributed by atoms with Crippen molar-refractivity contribution in [3.05, 3.63) is 35.4 Å². The van der Waals surface area contributed by atoms with Gasteiger partial charge in [-0.15, -0.1) is 5.10 Å². The Morgan fingerprint density at radius 2 is 2.20 bits per heavy atom. The molecule has 1 atom stereocenters. The van der Waals surface area contributed by atoms with Crippen LogP contribution in [0.3, 0.4) is 0 Å². The summed E-state index contributed by atoms with van der Waals surface area (Å²) in [4.78, 5) is 14.8. The number of likely N-dealkylation sites (tertiary alicyclic amines) is 1. The standard InChI is InChI=1S/C18H25N5O2/c1-13-8-17(14(2)22(13)9-15-4-3-7-25-12-15)18(24)21-10-16(11-21)23-6-5-19-20-23/h5-6,8,15-16H,3-4,7,9-12H2,1-2H3. The number of aryl methyl sites for hydroxylation is 1. The van der Waals surface area contributed by atoms with Crippen molar-refractivity contribution in [3.8, 4) is 0 Å². The van der Waals surface area contributed by atoms with E-state index in [9.17, 15) is 4.79 Å². The third kappa shape index (κ3) is 3.08. The molecule has 134 valence electrons. The van der Waals surface area contributed by atoms with Crippen LogP contribution in [-0.2, 0) is 11.3 Å². The van der Waals surface area contributed by atoms with Crippen LogP contribution in [0.2, 0.25) is 0 Å². The molecule has 2 fully saturated rings. The Kier molecular flexibility index (Phi) is 4.33. The summed E-state index contributed by atoms with van der Waals surface area (Å²) in [5, 5.41) is 7.85. The van der Waals surface area contributed by atoms with Gasteiger partial charge in [0.05, 0.1) is 24.4 Å². The van der Waals surface area contributed by atoms with Crippen LogP contribution in [-0.4, -0.2) is 56.7 Å². The van der Waals surface area contributed by atoms with Crippen LogP contribution in [0.1, 0.15) is 40.6 Å². The Bertz CT molecular complexity index is 740. The second kappa shape index (κ2) is 6.63. The molecule has 0 N–H and O–H groups in total. The average molecular weight is 343 g/mol. The minimum Gasteiger partial charge on any atom is -0.381 e. The van der Waals surface area contributed by atoms with Gasteiger partial charge in [-0.05, 0) is 32.8 Å². The summed E-state index contributed by atoms with van der Waals surface area (Å²) in [6.45, 7) is 8.18. The first-order valence-electron chi connectivity index (χ1n) is 9.03. The van der Waals surface area contributed by atoms with E-state index < -0.39 is 0 Å². The third-order valence-electron chi connectivity index (χ3n) is 5.46. The van der Waals surface area contributed by atoms with E-state index in [0.29, 0.717) is 19.0 Å². The molecule has 7 nitrogen and oxygen atoms in total. The number of hydrogen-bond acceptors (Lipinski definition) is 4. The minimum atomic E-state index is 0.121. The van der Waals surface area contributed by atoms with Gasteiger partial charge < -0.3 is 14.2 Å². The number of carbonyl (C=O) groups is 1. The van der Waals surface area contributed by atoms with Crippen LogP contribution in [0.4, 0.5) is 0 Å². The van der Waals surface area contributed by atoms with Crippen LogP contribution in [0.5, 0.6) is 0 Å². The number of hydrogen-bond donors (Lipinski definition) is 0. The van der Waals surface area contributed by atoms with Crippen LogP contribution in [0, 0.1) is 19.8 Å². The molecule has 25 heavy (non-hydrogen) atoms. The molecule has 0 aromatic carbocycles. The van der Waals surface area contributed by atoms with Gasteiger partial charge in [-0.1, -0.05) is 5.21 Å². The van der Waals surface area contributed by atoms with Crippen LogP contribution in [0.25, 0.3) is 0 Å². The maximum atomic E-state index is 12.9. The first kappa shape index (κ1) is 16.3. The first-order chi connectivity index (χ1) is 12.1. The van der Waals surface area contributed by atoms with E-state index in [0.717, 1.165) is 43.1 Å². The smallest absolute Gasteiger partial charge is 0.255 e. The molecule has 0 bridgehead atoms. The predicted octanol–water partition coefficient (Wildman–Crippen LogP) is 1.82. The summed E-state index contributed by atoms with van der Waals surface area (Å²) < 4.78 is 9.71. The van der Waals surface area contributed by atoms with E-state index in [1.807, 2.05) is 21.8 Å². The molecule has 7 heteroatoms. The maximum absolute atomic E-state index is 12.9. The first-order valence-corrected chi connectivity index (χ1v) is 9.03. The molecule has 2 aromatic rings. The number of ether oxygens (including phenoxy) is 1. The molecule has 0 saturated carbocycles. The highest BCUT2D eigenvalue weighted by Crippen LogP contribution is 2.26. The van der Waals surface area contributed by atoms with Gasteiger partial charge in [0, 0.05) is 49.7 Å². The molecule has 2 aromatic heterocycles. The molecule has 1 amide bonds. The molecular weight excluding hydrogens is 318 g/mol. The van der Waals surface area contributed by atoms with E-state index in [4.69, 9.17) is 4.74 Å². The Labute approximate surface area is 147 Å². The van der Waals surface area contributed by atoms with Crippen molar-refractivity contribution >= 4 is 5.91 Å². The molecule has 4 rings (SSSR count). The van der Waals surface area contributed by atoms with Crippen molar-refractivity contribution in [1.82, 2.24) is 24.5 Å². The highest BCUT2D eigenvalue weighted by molar-refractivity contribution is 5.96. The molecule has 0 spiro atoms. The largest absolute Gasteiger partial charge is 0.381 e. The summed E-state index contributed by atoms with van der Waals surface area (Å²) in [6.07, 6.45) is 5.86. The lowest BCUT2D eigenvalue weighted by atomic mass is 10.0. The molecule has 0 radical (unpaired) electrons. The highest BCUT2D eigenvalue weighted by atomic mass is 16.5. The quantitative estimate of drug-likeness (QED) is 0.849. The summed E-state index contributed by atoms with van der Waals surface area (Å²) in [5.74, 6) is 0.665. The average Bonchev–Trinajstić information content (AvgIpc) is 3.18. The predicted molar refractivity (Wildman–Crippen MR) is 92.4 cm³/mol. The zero-order valence-corrected chi connectivity index (χ0v) is 14.9. The van der Waals surface area contributed by atoms with Gasteiger partial charge >= 0.3 is 0 Å². The van der Waals surface area contributed by atoms with Gasteiger partial charge in [-0.2, -0.15) is 0 Å². The van der Waals surface area contributed by atoms with Gasteiger partial charge in [-0.3, -0.25) is 4.79 Å². The van der Waals surface area contributed by atoms with Gasteiger partial charge in [0.15, 0.2) is 0 Å². The van der Waals surface area contributed by atoms with Gasteiger partial charge in [0.1, 0.15) is 0 Å². The van der Waals surface area contributed by atoms with Gasteiger partial charge in [0.25, 0.3) is 5.91 Å². The Hall–Kier alpha value is -2.15. The zero-order valence-electron chi connectivity index (χ0n) is 14.9. The lowest BCUT2D eigenvalue weighted by molar-refractivity contribution is 0.0476. The molecule has 4 heterocycles. The Morgan fingerprint density at radius 3 is 2.88 bits per heavy atom. The van der Waals surface area contributed by atoms with Crippen molar-refractivity contribution in [2.45, 2.75) is 39.3 Å². The monoisotopic (exact) mass is 343 g/mol. The van der Waals surface area contributed by atoms with Crippen molar-refractivity contribution in [3.63, 3.8) is 0 Å². The fourth-order valence-corrected chi connectivity index (χ4v) is 3.88. The lowest BCUT2D eigenvalue weighted by Crippen LogP contribution is -2.51. The number of nitrogens with zero attached hydrogens (tertiary/aromatic N) is 5. The van der Waals surface area contributed by atoms with Crippen LogP contribution in [0.15, 0.2) is 18.5 Å². The molecular formula is C18H25N5O2. The van der Waals surface area contributed by atoms with Crippen molar-refractivity contribution in [2.75, 3.05) is 26.3 Å². The van der Waals surface area contributed by atoms with Gasteiger partial charge in [0.2, 0.25) is 0 Å². The molecule has 0 aliphatic carbocycles. The molecule has 2 aliphatic heterocycles. The minimum absolute atomic E-state index is 0.121. The van der Waals surface area contributed by atoms with E-state index in [1.165, 1.54) is 6.42 Å². The third-order valence-corrected chi connectivity index (χ3v) is 5.46. The SMILES string of the molecule is Cc1cc(C(=O)N2CC(n3ccnn3)C2)c(C)n1CC1CCCOC1. The molecule has 2 aliphatic rings. The van der Waals surface area contributed by atoms with E-state index in [-0.39, 0.29) is 11.9 Å². The number of carbonyl (C=O) groups excluding carboxylic acids is 1. The van der Waals surface area contributed by atoms with E-state index in [1.54, 1.807) is 6.20 Å². The summed E-state index contributed by atoms with van der Waals surface area (Å²) in [7, 11) is 0. The maximum Gasteiger partial charge on any atom is 0.255 e. The lowest BCUT2D eigenvalue weighted by Gasteiger charge is -2.38. The Morgan fingerprint density at radius 1 is 1.36 bits per heavy atom. The van der Waals surface area contributed by atoms with Crippen molar-refractivity contribution < 1.29 is 9.53 Å². The van der Waals surface area contributed by atoms with Crippen molar-refractivity contribution in [1.29, 1.82) is 0 Å². The van der Waals surface area contributed by atoms with Gasteiger partial charge in [-0.25, -0.2) is 4.68 Å². The topological polar surface area (TPSA) is 65.2 Å². The Balaban J connectivity index is 1.44. The van der Waals surface area contributed by atoms with E-state index >= 15 is 0 Å². The van der Waals surface area contributed by atoms with E-state index in [2.05, 4.69) is 28.7 Å².